The van der Waals surface area contributed by atoms with Gasteiger partial charge in [-0.1, -0.05) is 42.5 Å². The third-order valence-corrected chi connectivity index (χ3v) is 2.18. The van der Waals surface area contributed by atoms with Gasteiger partial charge >= 0.3 is 0 Å². The van der Waals surface area contributed by atoms with E-state index in [1.54, 1.807) is 12.1 Å². The fourth-order valence-electron chi connectivity index (χ4n) is 1.48. The van der Waals surface area contributed by atoms with Crippen LogP contribution in [0.1, 0.15) is 0 Å². The number of benzene rings is 2. The highest BCUT2D eigenvalue weighted by Gasteiger charge is 2.08. The molecule has 0 aliphatic heterocycles. The van der Waals surface area contributed by atoms with Crippen LogP contribution < -0.4 is 0 Å². The molecule has 2 rings (SSSR count). The Morgan fingerprint density at radius 3 is 2.33 bits per heavy atom. The van der Waals surface area contributed by atoms with Crippen LogP contribution in [0.15, 0.2) is 48.5 Å². The maximum Gasteiger partial charge on any atom is 0.229 e. The summed E-state index contributed by atoms with van der Waals surface area (Å²) in [7, 11) is 0. The summed E-state index contributed by atoms with van der Waals surface area (Å²) in [6.45, 7) is 6.96. The van der Waals surface area contributed by atoms with Gasteiger partial charge < -0.3 is 0 Å². The van der Waals surface area contributed by atoms with Gasteiger partial charge in [0.05, 0.1) is 6.57 Å². The summed E-state index contributed by atoms with van der Waals surface area (Å²) in [4.78, 5) is 3.22. The van der Waals surface area contributed by atoms with Crippen LogP contribution in [0.2, 0.25) is 0 Å². The highest BCUT2D eigenvalue weighted by atomic mass is 19.1. The number of hydrogen-bond donors (Lipinski definition) is 0. The van der Waals surface area contributed by atoms with Crippen LogP contribution in [-0.4, -0.2) is 0 Å². The maximum atomic E-state index is 13.3. The Balaban J connectivity index is 2.65. The third-order valence-electron chi connectivity index (χ3n) is 2.18. The first-order valence-corrected chi connectivity index (χ1v) is 4.54. The van der Waals surface area contributed by atoms with E-state index in [1.807, 2.05) is 30.3 Å². The van der Waals surface area contributed by atoms with Crippen LogP contribution in [0, 0.1) is 12.4 Å². The van der Waals surface area contributed by atoms with Gasteiger partial charge in [-0.15, -0.1) is 0 Å². The molecule has 0 saturated heterocycles. The molecule has 1 nitrogen and oxygen atoms in total. The first-order chi connectivity index (χ1) is 7.33. The van der Waals surface area contributed by atoms with E-state index in [0.29, 0.717) is 5.56 Å². The number of halogens is 1. The zero-order valence-corrected chi connectivity index (χ0v) is 7.94. The fourth-order valence-corrected chi connectivity index (χ4v) is 1.48. The number of para-hydroxylation sites is 1. The lowest BCUT2D eigenvalue weighted by atomic mass is 10.0. The van der Waals surface area contributed by atoms with E-state index < -0.39 is 5.82 Å². The Bertz CT molecular complexity index is 512. The molecule has 0 spiro atoms. The van der Waals surface area contributed by atoms with Crippen molar-refractivity contribution in [2.24, 2.45) is 0 Å². The van der Waals surface area contributed by atoms with E-state index in [4.69, 9.17) is 6.57 Å². The monoisotopic (exact) mass is 197 g/mol. The van der Waals surface area contributed by atoms with Crippen molar-refractivity contribution in [1.29, 1.82) is 0 Å². The molecule has 2 aromatic carbocycles. The van der Waals surface area contributed by atoms with Gasteiger partial charge in [0.1, 0.15) is 5.82 Å². The van der Waals surface area contributed by atoms with Crippen LogP contribution in [0.25, 0.3) is 16.0 Å². The molecule has 2 aromatic rings. The standard InChI is InChI=1S/C13H8FN/c1-15-13-11(8-5-9-12(13)14)10-6-3-2-4-7-10/h2-9H. The number of rotatable bonds is 1. The average molecular weight is 197 g/mol. The fraction of sp³-hybridized carbons (Fsp3) is 0. The molecule has 0 unspecified atom stereocenters. The quantitative estimate of drug-likeness (QED) is 0.607. The van der Waals surface area contributed by atoms with E-state index >= 15 is 0 Å². The Labute approximate surface area is 87.6 Å². The van der Waals surface area contributed by atoms with E-state index in [2.05, 4.69) is 4.85 Å². The summed E-state index contributed by atoms with van der Waals surface area (Å²) in [6.07, 6.45) is 0. The van der Waals surface area contributed by atoms with Crippen molar-refractivity contribution in [2.75, 3.05) is 0 Å². The Kier molecular flexibility index (Phi) is 2.47. The van der Waals surface area contributed by atoms with E-state index in [9.17, 15) is 4.39 Å². The topological polar surface area (TPSA) is 4.36 Å². The zero-order chi connectivity index (χ0) is 10.7. The van der Waals surface area contributed by atoms with Crippen molar-refractivity contribution in [1.82, 2.24) is 0 Å². The SMILES string of the molecule is [C-]#[N+]c1c(F)cccc1-c1ccccc1. The molecule has 0 fully saturated rings. The van der Waals surface area contributed by atoms with Gasteiger partial charge in [0.25, 0.3) is 0 Å². The predicted octanol–water partition coefficient (Wildman–Crippen LogP) is 4.04. The Hall–Kier alpha value is -2.14. The predicted molar refractivity (Wildman–Crippen MR) is 58.1 cm³/mol. The van der Waals surface area contributed by atoms with Gasteiger partial charge in [-0.25, -0.2) is 9.24 Å². The van der Waals surface area contributed by atoms with Crippen molar-refractivity contribution in [2.45, 2.75) is 0 Å². The summed E-state index contributed by atoms with van der Waals surface area (Å²) >= 11 is 0. The van der Waals surface area contributed by atoms with Gasteiger partial charge in [-0.3, -0.25) is 0 Å². The molecular weight excluding hydrogens is 189 g/mol. The van der Waals surface area contributed by atoms with Crippen LogP contribution in [-0.2, 0) is 0 Å². The van der Waals surface area contributed by atoms with Crippen molar-refractivity contribution in [3.05, 3.63) is 65.8 Å². The molecule has 0 heterocycles. The highest BCUT2D eigenvalue weighted by Crippen LogP contribution is 2.32. The molecule has 72 valence electrons. The lowest BCUT2D eigenvalue weighted by molar-refractivity contribution is 0.634. The molecule has 2 heteroatoms. The lowest BCUT2D eigenvalue weighted by Crippen LogP contribution is -1.81. The first-order valence-electron chi connectivity index (χ1n) is 4.54. The van der Waals surface area contributed by atoms with E-state index in [0.717, 1.165) is 5.56 Å². The first kappa shape index (κ1) is 9.42. The highest BCUT2D eigenvalue weighted by molar-refractivity contribution is 5.78. The van der Waals surface area contributed by atoms with E-state index in [1.165, 1.54) is 6.07 Å². The van der Waals surface area contributed by atoms with Gasteiger partial charge in [0.15, 0.2) is 0 Å². The average Bonchev–Trinajstić information content (AvgIpc) is 2.30. The molecule has 0 aliphatic rings. The number of nitrogens with zero attached hydrogens (tertiary/aromatic N) is 1. The molecule has 0 aromatic heterocycles. The molecule has 0 aliphatic carbocycles. The largest absolute Gasteiger partial charge is 0.234 e. The number of hydrogen-bond acceptors (Lipinski definition) is 0. The zero-order valence-electron chi connectivity index (χ0n) is 7.94. The second-order valence-corrected chi connectivity index (χ2v) is 3.11. The van der Waals surface area contributed by atoms with Gasteiger partial charge in [0, 0.05) is 0 Å². The van der Waals surface area contributed by atoms with E-state index in [-0.39, 0.29) is 5.69 Å². The second kappa shape index (κ2) is 3.93. The molecule has 0 atom stereocenters. The van der Waals surface area contributed by atoms with Crippen LogP contribution >= 0.6 is 0 Å². The van der Waals surface area contributed by atoms with Crippen LogP contribution in [0.3, 0.4) is 0 Å². The second-order valence-electron chi connectivity index (χ2n) is 3.11. The Morgan fingerprint density at radius 2 is 1.67 bits per heavy atom. The molecule has 0 radical (unpaired) electrons. The summed E-state index contributed by atoms with van der Waals surface area (Å²) in [5.41, 5.74) is 1.59. The minimum absolute atomic E-state index is 0.0868. The molecule has 0 N–H and O–H groups in total. The van der Waals surface area contributed by atoms with Crippen molar-refractivity contribution in [3.63, 3.8) is 0 Å². The smallest absolute Gasteiger partial charge is 0.229 e. The van der Waals surface area contributed by atoms with Crippen LogP contribution in [0.5, 0.6) is 0 Å². The van der Waals surface area contributed by atoms with Crippen molar-refractivity contribution >= 4 is 5.69 Å². The maximum absolute atomic E-state index is 13.3. The lowest BCUT2D eigenvalue weighted by Gasteiger charge is -2.04. The molecule has 15 heavy (non-hydrogen) atoms. The molecule has 0 amide bonds. The van der Waals surface area contributed by atoms with Crippen molar-refractivity contribution < 1.29 is 4.39 Å². The van der Waals surface area contributed by atoms with Gasteiger partial charge in [-0.2, -0.15) is 0 Å². The van der Waals surface area contributed by atoms with Gasteiger partial charge in [-0.05, 0) is 17.2 Å². The molecule has 0 bridgehead atoms. The third kappa shape index (κ3) is 1.72. The minimum Gasteiger partial charge on any atom is -0.234 e. The summed E-state index contributed by atoms with van der Waals surface area (Å²) in [5.74, 6) is -0.466. The van der Waals surface area contributed by atoms with Crippen molar-refractivity contribution in [3.8, 4) is 11.1 Å². The Morgan fingerprint density at radius 1 is 0.933 bits per heavy atom. The normalized spacial score (nSPS) is 9.60. The summed E-state index contributed by atoms with van der Waals surface area (Å²) < 4.78 is 13.3. The van der Waals surface area contributed by atoms with Gasteiger partial charge in [0.2, 0.25) is 5.69 Å². The summed E-state index contributed by atoms with van der Waals surface area (Å²) in [5, 5.41) is 0. The minimum atomic E-state index is -0.466. The van der Waals surface area contributed by atoms with Crippen LogP contribution in [0.4, 0.5) is 10.1 Å². The summed E-state index contributed by atoms with van der Waals surface area (Å²) in [6, 6.07) is 14.0. The molecule has 0 saturated carbocycles. The molecular formula is C13H8FN.